The third-order valence-electron chi connectivity index (χ3n) is 8.00. The maximum absolute atomic E-state index is 14.7. The van der Waals surface area contributed by atoms with Gasteiger partial charge < -0.3 is 24.3 Å². The second kappa shape index (κ2) is 16.3. The number of aromatic nitrogens is 1. The van der Waals surface area contributed by atoms with Crippen molar-refractivity contribution in [1.29, 1.82) is 0 Å². The average molecular weight is 663 g/mol. The summed E-state index contributed by atoms with van der Waals surface area (Å²) in [6.07, 6.45) is -3.16. The van der Waals surface area contributed by atoms with Gasteiger partial charge in [-0.1, -0.05) is 54.6 Å². The summed E-state index contributed by atoms with van der Waals surface area (Å²) in [5, 5.41) is 21.3. The van der Waals surface area contributed by atoms with Gasteiger partial charge in [0.1, 0.15) is 17.3 Å². The molecule has 0 saturated heterocycles. The molecule has 1 heterocycles. The first kappa shape index (κ1) is 36.0. The summed E-state index contributed by atoms with van der Waals surface area (Å²) in [4.78, 5) is 40.6. The third-order valence-corrected chi connectivity index (χ3v) is 8.00. The minimum atomic E-state index is -1.14. The Morgan fingerprint density at radius 3 is 1.88 bits per heavy atom. The number of benzene rings is 3. The average Bonchev–Trinajstić information content (AvgIpc) is 3.42. The molecule has 0 spiro atoms. The predicted molar refractivity (Wildman–Crippen MR) is 176 cm³/mol. The number of nitrogens with zero attached hydrogens (tertiary/aromatic N) is 2. The van der Waals surface area contributed by atoms with E-state index in [9.17, 15) is 33.4 Å². The molecule has 0 radical (unpaired) electrons. The lowest BCUT2D eigenvalue weighted by atomic mass is 9.92. The van der Waals surface area contributed by atoms with Crippen LogP contribution in [0, 0.1) is 11.6 Å². The molecule has 2 amide bonds. The molecule has 48 heavy (non-hydrogen) atoms. The zero-order valence-electron chi connectivity index (χ0n) is 27.4. The van der Waals surface area contributed by atoms with E-state index < -0.39 is 41.8 Å². The number of halogens is 2. The largest absolute Gasteiger partial charge is 0.469 e. The number of esters is 1. The minimum absolute atomic E-state index is 0.101. The number of ether oxygens (including phenoxy) is 2. The molecule has 9 nitrogen and oxygen atoms in total. The van der Waals surface area contributed by atoms with Crippen LogP contribution in [0.2, 0.25) is 0 Å². The van der Waals surface area contributed by atoms with Crippen molar-refractivity contribution in [1.82, 2.24) is 9.47 Å². The maximum atomic E-state index is 14.7. The molecule has 4 rings (SSSR count). The summed E-state index contributed by atoms with van der Waals surface area (Å²) in [5.74, 6) is -2.26. The summed E-state index contributed by atoms with van der Waals surface area (Å²) in [7, 11) is 2.39. The summed E-state index contributed by atoms with van der Waals surface area (Å²) in [6.45, 7) is 3.62. The van der Waals surface area contributed by atoms with Crippen LogP contribution < -0.4 is 0 Å². The standard InChI is InChI=1S/C37H40F2N2O7/c1-23(2)41-31(19-18-29(42)20-30(43)21-32(44)47-3)33(25-10-14-27(38)15-11-25)34(26-12-16-28(39)17-13-26)35(41)36(45)40(37(46)48-4)22-24-8-6-5-7-9-24/h5-17,23,29-30,42-43H,18-22H2,1-4H3. The van der Waals surface area contributed by atoms with Crippen LogP contribution in [0.5, 0.6) is 0 Å². The molecule has 0 bridgehead atoms. The highest BCUT2D eigenvalue weighted by Gasteiger charge is 2.35. The molecule has 2 unspecified atom stereocenters. The Morgan fingerprint density at radius 2 is 1.35 bits per heavy atom. The Bertz CT molecular complexity index is 1700. The number of imide groups is 1. The van der Waals surface area contributed by atoms with Crippen molar-refractivity contribution < 1.29 is 42.9 Å². The molecule has 0 fully saturated rings. The van der Waals surface area contributed by atoms with Gasteiger partial charge in [-0.3, -0.25) is 9.59 Å². The van der Waals surface area contributed by atoms with Crippen molar-refractivity contribution in [3.8, 4) is 22.3 Å². The summed E-state index contributed by atoms with van der Waals surface area (Å²) < 4.78 is 39.9. The highest BCUT2D eigenvalue weighted by Crippen LogP contribution is 2.43. The quantitative estimate of drug-likeness (QED) is 0.153. The van der Waals surface area contributed by atoms with Crippen molar-refractivity contribution in [3.63, 3.8) is 0 Å². The molecule has 1 aromatic heterocycles. The van der Waals surface area contributed by atoms with Crippen molar-refractivity contribution in [2.75, 3.05) is 14.2 Å². The molecule has 2 N–H and O–H groups in total. The topological polar surface area (TPSA) is 118 Å². The summed E-state index contributed by atoms with van der Waals surface area (Å²) in [6, 6.07) is 19.9. The van der Waals surface area contributed by atoms with Crippen LogP contribution in [-0.4, -0.2) is 64.1 Å². The number of methoxy groups -OCH3 is 2. The van der Waals surface area contributed by atoms with Crippen molar-refractivity contribution >= 4 is 18.0 Å². The van der Waals surface area contributed by atoms with Crippen LogP contribution in [0.3, 0.4) is 0 Å². The Kier molecular flexibility index (Phi) is 12.2. The van der Waals surface area contributed by atoms with Gasteiger partial charge in [0, 0.05) is 22.9 Å². The molecule has 11 heteroatoms. The normalized spacial score (nSPS) is 12.4. The molecule has 0 aliphatic rings. The molecule has 254 valence electrons. The fourth-order valence-electron chi connectivity index (χ4n) is 5.81. The van der Waals surface area contributed by atoms with Gasteiger partial charge in [-0.25, -0.2) is 18.5 Å². The zero-order chi connectivity index (χ0) is 35.0. The van der Waals surface area contributed by atoms with E-state index in [0.717, 1.165) is 4.90 Å². The first-order chi connectivity index (χ1) is 22.9. The molecular formula is C37H40F2N2O7. The van der Waals surface area contributed by atoms with E-state index in [1.54, 1.807) is 41.0 Å². The Labute approximate surface area is 278 Å². The number of rotatable bonds is 13. The van der Waals surface area contributed by atoms with Crippen molar-refractivity contribution in [2.45, 2.75) is 64.3 Å². The van der Waals surface area contributed by atoms with E-state index in [2.05, 4.69) is 4.74 Å². The van der Waals surface area contributed by atoms with Gasteiger partial charge in [-0.05, 0) is 74.1 Å². The highest BCUT2D eigenvalue weighted by molar-refractivity contribution is 6.09. The van der Waals surface area contributed by atoms with Gasteiger partial charge in [-0.2, -0.15) is 0 Å². The van der Waals surface area contributed by atoms with Gasteiger partial charge in [0.25, 0.3) is 5.91 Å². The molecule has 0 aliphatic heterocycles. The molecular weight excluding hydrogens is 622 g/mol. The van der Waals surface area contributed by atoms with E-state index >= 15 is 0 Å². The van der Waals surface area contributed by atoms with Gasteiger partial charge in [0.05, 0.1) is 39.4 Å². The van der Waals surface area contributed by atoms with Gasteiger partial charge in [0.2, 0.25) is 0 Å². The highest BCUT2D eigenvalue weighted by atomic mass is 19.1. The third kappa shape index (κ3) is 8.53. The summed E-state index contributed by atoms with van der Waals surface area (Å²) >= 11 is 0. The van der Waals surface area contributed by atoms with Crippen LogP contribution in [0.1, 0.15) is 60.9 Å². The maximum Gasteiger partial charge on any atom is 0.416 e. The van der Waals surface area contributed by atoms with E-state index in [4.69, 9.17) is 4.74 Å². The first-order valence-corrected chi connectivity index (χ1v) is 15.6. The van der Waals surface area contributed by atoms with Crippen LogP contribution in [-0.2, 0) is 27.2 Å². The number of aliphatic hydroxyl groups excluding tert-OH is 2. The van der Waals surface area contributed by atoms with Gasteiger partial charge in [0.15, 0.2) is 0 Å². The number of hydrogen-bond donors (Lipinski definition) is 2. The molecule has 4 aromatic rings. The Hall–Kier alpha value is -4.87. The first-order valence-electron chi connectivity index (χ1n) is 15.6. The molecule has 0 saturated carbocycles. The predicted octanol–water partition coefficient (Wildman–Crippen LogP) is 6.70. The molecule has 3 aromatic carbocycles. The number of hydrogen-bond acceptors (Lipinski definition) is 7. The Balaban J connectivity index is 1.95. The van der Waals surface area contributed by atoms with Crippen molar-refractivity contribution in [2.24, 2.45) is 0 Å². The fraction of sp³-hybridized carbons (Fsp3) is 0.324. The number of carbonyl (C=O) groups excluding carboxylic acids is 3. The van der Waals surface area contributed by atoms with E-state index in [-0.39, 0.29) is 44.0 Å². The van der Waals surface area contributed by atoms with E-state index in [0.29, 0.717) is 33.5 Å². The Morgan fingerprint density at radius 1 is 0.792 bits per heavy atom. The molecule has 2 atom stereocenters. The summed E-state index contributed by atoms with van der Waals surface area (Å²) in [5.41, 5.74) is 3.32. The van der Waals surface area contributed by atoms with Crippen LogP contribution in [0.4, 0.5) is 13.6 Å². The van der Waals surface area contributed by atoms with Crippen LogP contribution in [0.15, 0.2) is 78.9 Å². The second-order valence-corrected chi connectivity index (χ2v) is 11.7. The van der Waals surface area contributed by atoms with E-state index in [1.807, 2.05) is 19.9 Å². The number of amides is 2. The number of carbonyl (C=O) groups is 3. The van der Waals surface area contributed by atoms with Crippen LogP contribution >= 0.6 is 0 Å². The lowest BCUT2D eigenvalue weighted by molar-refractivity contribution is -0.143. The lowest BCUT2D eigenvalue weighted by Crippen LogP contribution is -2.38. The van der Waals surface area contributed by atoms with Gasteiger partial charge >= 0.3 is 12.1 Å². The number of aliphatic hydroxyl groups is 2. The monoisotopic (exact) mass is 662 g/mol. The van der Waals surface area contributed by atoms with Gasteiger partial charge in [-0.15, -0.1) is 0 Å². The SMILES string of the molecule is COC(=O)CC(O)CC(O)CCc1c(-c2ccc(F)cc2)c(-c2ccc(F)cc2)c(C(=O)N(Cc2ccccc2)C(=O)OC)n1C(C)C. The molecule has 0 aliphatic carbocycles. The fourth-order valence-corrected chi connectivity index (χ4v) is 5.81. The van der Waals surface area contributed by atoms with E-state index in [1.165, 1.54) is 50.6 Å². The van der Waals surface area contributed by atoms with Crippen molar-refractivity contribution in [3.05, 3.63) is 107 Å². The zero-order valence-corrected chi connectivity index (χ0v) is 27.4. The minimum Gasteiger partial charge on any atom is -0.469 e. The lowest BCUT2D eigenvalue weighted by Gasteiger charge is -2.24. The smallest absolute Gasteiger partial charge is 0.416 e. The second-order valence-electron chi connectivity index (χ2n) is 11.7. The van der Waals surface area contributed by atoms with Crippen LogP contribution in [0.25, 0.3) is 22.3 Å².